The standard InChI is InChI=1S/C19H23BN2O6/c1-2-18(23)22-9-5-6-14(11-22)28-19(24)21-17(20(25)26)10-13-12-27-16-8-4-3-7-15(13)16/h2-4,7-8,12,14,17,25-26H,1,5-6,9-11H2,(H,21,24)/t14-,17-/m0/s1. The van der Waals surface area contributed by atoms with Crippen molar-refractivity contribution in [2.45, 2.75) is 31.3 Å². The second-order valence-corrected chi connectivity index (χ2v) is 6.78. The highest BCUT2D eigenvalue weighted by molar-refractivity contribution is 6.43. The number of likely N-dealkylation sites (tertiary alicyclic amines) is 1. The van der Waals surface area contributed by atoms with Crippen molar-refractivity contribution in [2.24, 2.45) is 0 Å². The van der Waals surface area contributed by atoms with Gasteiger partial charge in [0.1, 0.15) is 11.7 Å². The lowest BCUT2D eigenvalue weighted by atomic mass is 9.76. The first-order valence-corrected chi connectivity index (χ1v) is 9.17. The van der Waals surface area contributed by atoms with Gasteiger partial charge in [-0.2, -0.15) is 0 Å². The number of piperidine rings is 1. The average Bonchev–Trinajstić information content (AvgIpc) is 3.10. The predicted octanol–water partition coefficient (Wildman–Crippen LogP) is 1.26. The first-order valence-electron chi connectivity index (χ1n) is 9.17. The van der Waals surface area contributed by atoms with Crippen molar-refractivity contribution in [1.82, 2.24) is 10.2 Å². The highest BCUT2D eigenvalue weighted by atomic mass is 16.6. The fraction of sp³-hybridized carbons (Fsp3) is 0.368. The van der Waals surface area contributed by atoms with Gasteiger partial charge in [-0.3, -0.25) is 4.79 Å². The summed E-state index contributed by atoms with van der Waals surface area (Å²) in [6.45, 7) is 4.35. The van der Waals surface area contributed by atoms with E-state index < -0.39 is 25.3 Å². The Kier molecular flexibility index (Phi) is 6.38. The number of nitrogens with one attached hydrogen (secondary N) is 1. The number of furan rings is 1. The number of hydrogen-bond donors (Lipinski definition) is 3. The molecule has 3 rings (SSSR count). The molecule has 1 aromatic heterocycles. The van der Waals surface area contributed by atoms with Crippen LogP contribution in [0.3, 0.4) is 0 Å². The number of rotatable bonds is 6. The number of carbonyl (C=O) groups is 2. The van der Waals surface area contributed by atoms with Gasteiger partial charge in [0.25, 0.3) is 0 Å². The average molecular weight is 386 g/mol. The smallest absolute Gasteiger partial charge is 0.464 e. The fourth-order valence-corrected chi connectivity index (χ4v) is 3.36. The molecule has 1 aliphatic heterocycles. The predicted molar refractivity (Wildman–Crippen MR) is 103 cm³/mol. The van der Waals surface area contributed by atoms with Crippen LogP contribution in [0.2, 0.25) is 0 Å². The molecule has 3 N–H and O–H groups in total. The maximum atomic E-state index is 12.3. The number of para-hydroxylation sites is 1. The summed E-state index contributed by atoms with van der Waals surface area (Å²) in [7, 11) is -1.77. The quantitative estimate of drug-likeness (QED) is 0.509. The van der Waals surface area contributed by atoms with Gasteiger partial charge in [0.05, 0.1) is 18.7 Å². The number of hydrogen-bond acceptors (Lipinski definition) is 6. The lowest BCUT2D eigenvalue weighted by molar-refractivity contribution is -0.129. The fourth-order valence-electron chi connectivity index (χ4n) is 3.36. The molecule has 1 aliphatic rings. The Balaban J connectivity index is 1.60. The molecule has 9 heteroatoms. The van der Waals surface area contributed by atoms with Gasteiger partial charge < -0.3 is 29.4 Å². The van der Waals surface area contributed by atoms with Crippen LogP contribution in [0.25, 0.3) is 11.0 Å². The third-order valence-electron chi connectivity index (χ3n) is 4.80. The summed E-state index contributed by atoms with van der Waals surface area (Å²) in [4.78, 5) is 25.6. The van der Waals surface area contributed by atoms with Crippen molar-refractivity contribution in [3.8, 4) is 0 Å². The van der Waals surface area contributed by atoms with Crippen LogP contribution >= 0.6 is 0 Å². The Morgan fingerprint density at radius 1 is 1.43 bits per heavy atom. The molecule has 0 radical (unpaired) electrons. The molecule has 2 atom stereocenters. The number of ether oxygens (including phenoxy) is 1. The Morgan fingerprint density at radius 3 is 2.96 bits per heavy atom. The van der Waals surface area contributed by atoms with Crippen LogP contribution in [0.15, 0.2) is 47.6 Å². The highest BCUT2D eigenvalue weighted by Crippen LogP contribution is 2.22. The number of fused-ring (bicyclic) bond motifs is 1. The molecule has 0 unspecified atom stereocenters. The minimum atomic E-state index is -1.77. The van der Waals surface area contributed by atoms with Gasteiger partial charge in [-0.05, 0) is 37.0 Å². The van der Waals surface area contributed by atoms with Crippen molar-refractivity contribution in [1.29, 1.82) is 0 Å². The molecule has 2 amide bonds. The summed E-state index contributed by atoms with van der Waals surface area (Å²) < 4.78 is 10.8. The Bertz CT molecular complexity index is 852. The molecule has 0 bridgehead atoms. The van der Waals surface area contributed by atoms with E-state index >= 15 is 0 Å². The van der Waals surface area contributed by atoms with E-state index in [-0.39, 0.29) is 18.9 Å². The van der Waals surface area contributed by atoms with Gasteiger partial charge in [0, 0.05) is 11.9 Å². The molecule has 0 aliphatic carbocycles. The molecule has 148 valence electrons. The van der Waals surface area contributed by atoms with Gasteiger partial charge in [0.15, 0.2) is 0 Å². The van der Waals surface area contributed by atoms with E-state index in [2.05, 4.69) is 11.9 Å². The molecule has 2 heterocycles. The van der Waals surface area contributed by atoms with Crippen LogP contribution < -0.4 is 5.32 Å². The van der Waals surface area contributed by atoms with Gasteiger partial charge >= 0.3 is 13.2 Å². The SMILES string of the molecule is C=CC(=O)N1CCC[C@H](OC(=O)N[C@@H](Cc2coc3ccccc23)B(O)O)C1. The van der Waals surface area contributed by atoms with E-state index in [1.807, 2.05) is 24.3 Å². The summed E-state index contributed by atoms with van der Waals surface area (Å²) in [5, 5.41) is 22.7. The normalized spacial score (nSPS) is 17.8. The molecule has 1 saturated heterocycles. The van der Waals surface area contributed by atoms with Crippen molar-refractivity contribution in [3.63, 3.8) is 0 Å². The van der Waals surface area contributed by atoms with E-state index in [4.69, 9.17) is 9.15 Å². The second-order valence-electron chi connectivity index (χ2n) is 6.78. The minimum absolute atomic E-state index is 0.162. The third-order valence-corrected chi connectivity index (χ3v) is 4.80. The molecule has 0 saturated carbocycles. The van der Waals surface area contributed by atoms with Crippen molar-refractivity contribution in [2.75, 3.05) is 13.1 Å². The number of alkyl carbamates (subject to hydrolysis) is 1. The third kappa shape index (κ3) is 4.73. The Morgan fingerprint density at radius 2 is 2.21 bits per heavy atom. The van der Waals surface area contributed by atoms with Crippen molar-refractivity contribution < 1.29 is 28.8 Å². The zero-order valence-electron chi connectivity index (χ0n) is 15.4. The molecule has 8 nitrogen and oxygen atoms in total. The first-order chi connectivity index (χ1) is 13.5. The van der Waals surface area contributed by atoms with Gasteiger partial charge in [-0.15, -0.1) is 0 Å². The van der Waals surface area contributed by atoms with E-state index in [9.17, 15) is 19.6 Å². The molecule has 28 heavy (non-hydrogen) atoms. The summed E-state index contributed by atoms with van der Waals surface area (Å²) in [5.41, 5.74) is 1.43. The topological polar surface area (TPSA) is 112 Å². The zero-order valence-corrected chi connectivity index (χ0v) is 15.4. The lowest BCUT2D eigenvalue weighted by Crippen LogP contribution is -2.50. The summed E-state index contributed by atoms with van der Waals surface area (Å²) >= 11 is 0. The molecule has 1 fully saturated rings. The number of carbonyl (C=O) groups excluding carboxylic acids is 2. The molecule has 2 aromatic rings. The highest BCUT2D eigenvalue weighted by Gasteiger charge is 2.30. The lowest BCUT2D eigenvalue weighted by Gasteiger charge is -2.32. The number of amides is 2. The maximum Gasteiger partial charge on any atom is 0.475 e. The van der Waals surface area contributed by atoms with Crippen molar-refractivity contribution >= 4 is 30.1 Å². The Hall–Kier alpha value is -2.78. The van der Waals surface area contributed by atoms with Gasteiger partial charge in [-0.25, -0.2) is 4.79 Å². The van der Waals surface area contributed by atoms with Crippen LogP contribution in [0.5, 0.6) is 0 Å². The van der Waals surface area contributed by atoms with Crippen LogP contribution in [-0.4, -0.2) is 59.2 Å². The summed E-state index contributed by atoms with van der Waals surface area (Å²) in [6, 6.07) is 7.37. The molecule has 1 aromatic carbocycles. The molecular weight excluding hydrogens is 363 g/mol. The van der Waals surface area contributed by atoms with E-state index in [0.29, 0.717) is 25.0 Å². The first kappa shape index (κ1) is 20.0. The second kappa shape index (κ2) is 8.94. The van der Waals surface area contributed by atoms with E-state index in [1.54, 1.807) is 4.90 Å². The summed E-state index contributed by atoms with van der Waals surface area (Å²) in [6.07, 6.45) is 3.06. The Labute approximate surface area is 162 Å². The van der Waals surface area contributed by atoms with Gasteiger partial charge in [-0.1, -0.05) is 24.8 Å². The molecular formula is C19H23BN2O6. The van der Waals surface area contributed by atoms with Crippen LogP contribution in [0.4, 0.5) is 4.79 Å². The molecule has 0 spiro atoms. The zero-order chi connectivity index (χ0) is 20.1. The largest absolute Gasteiger partial charge is 0.475 e. The number of nitrogens with zero attached hydrogens (tertiary/aromatic N) is 1. The summed E-state index contributed by atoms with van der Waals surface area (Å²) in [5.74, 6) is -1.17. The van der Waals surface area contributed by atoms with Crippen LogP contribution in [0.1, 0.15) is 18.4 Å². The van der Waals surface area contributed by atoms with Crippen LogP contribution in [-0.2, 0) is 16.0 Å². The monoisotopic (exact) mass is 386 g/mol. The van der Waals surface area contributed by atoms with E-state index in [0.717, 1.165) is 10.9 Å². The van der Waals surface area contributed by atoms with Gasteiger partial charge in [0.2, 0.25) is 5.91 Å². The van der Waals surface area contributed by atoms with Crippen LogP contribution in [0, 0.1) is 0 Å². The maximum absolute atomic E-state index is 12.3. The minimum Gasteiger partial charge on any atom is -0.464 e. The van der Waals surface area contributed by atoms with Crippen molar-refractivity contribution in [3.05, 3.63) is 48.7 Å². The van der Waals surface area contributed by atoms with E-state index in [1.165, 1.54) is 12.3 Å². The number of benzene rings is 1.